The Hall–Kier alpha value is -3.56. The van der Waals surface area contributed by atoms with Crippen LogP contribution in [0, 0.1) is 0 Å². The molecule has 0 unspecified atom stereocenters. The van der Waals surface area contributed by atoms with E-state index in [1.807, 2.05) is 121 Å². The second-order valence-corrected chi connectivity index (χ2v) is 13.4. The van der Waals surface area contributed by atoms with E-state index >= 15 is 0 Å². The average Bonchev–Trinajstić information content (AvgIpc) is 3.22. The van der Waals surface area contributed by atoms with Gasteiger partial charge in [0.05, 0.1) is 32.5 Å². The van der Waals surface area contributed by atoms with Gasteiger partial charge in [-0.25, -0.2) is 0 Å². The maximum Gasteiger partial charge on any atom is 0.186 e. The van der Waals surface area contributed by atoms with Gasteiger partial charge in [0.15, 0.2) is 18.9 Å². The minimum Gasteiger partial charge on any atom is -0.386 e. The van der Waals surface area contributed by atoms with Crippen LogP contribution in [-0.2, 0) is 62.5 Å². The summed E-state index contributed by atoms with van der Waals surface area (Å²) < 4.78 is 57.0. The third-order valence-corrected chi connectivity index (χ3v) is 9.91. The van der Waals surface area contributed by atoms with Crippen LogP contribution in [-0.4, -0.2) is 93.8 Å². The summed E-state index contributed by atoms with van der Waals surface area (Å²) in [4.78, 5) is 0. The number of hydrogen-bond acceptors (Lipinski definition) is 11. The summed E-state index contributed by atoms with van der Waals surface area (Å²) in [6, 6.07) is 39.1. The number of methoxy groups -OCH3 is 2. The Morgan fingerprint density at radius 1 is 0.604 bits per heavy atom. The molecule has 11 nitrogen and oxygen atoms in total. The predicted molar refractivity (Wildman–Crippen MR) is 194 cm³/mol. The van der Waals surface area contributed by atoms with Crippen LogP contribution in [0.3, 0.4) is 0 Å². The van der Waals surface area contributed by atoms with Crippen molar-refractivity contribution in [3.63, 3.8) is 0 Å². The molecule has 3 heterocycles. The molecule has 0 bridgehead atoms. The van der Waals surface area contributed by atoms with Gasteiger partial charge in [-0.15, -0.1) is 0 Å². The molecular formula is C42H49NO10. The fourth-order valence-electron chi connectivity index (χ4n) is 7.16. The largest absolute Gasteiger partial charge is 0.386 e. The number of nitrogens with one attached hydrogen (secondary N) is 1. The van der Waals surface area contributed by atoms with Gasteiger partial charge in [-0.2, -0.15) is 0 Å². The van der Waals surface area contributed by atoms with Gasteiger partial charge in [0.2, 0.25) is 0 Å². The quantitative estimate of drug-likeness (QED) is 0.174. The number of benzene rings is 4. The van der Waals surface area contributed by atoms with Crippen molar-refractivity contribution in [3.8, 4) is 0 Å². The molecular weight excluding hydrogens is 678 g/mol. The molecule has 11 heteroatoms. The molecule has 11 atom stereocenters. The summed E-state index contributed by atoms with van der Waals surface area (Å²) in [5.41, 5.74) is 3.90. The first-order valence-corrected chi connectivity index (χ1v) is 18.2. The second-order valence-electron chi connectivity index (χ2n) is 13.4. The van der Waals surface area contributed by atoms with E-state index in [2.05, 4.69) is 5.32 Å². The Morgan fingerprint density at radius 3 is 1.66 bits per heavy atom. The molecule has 3 fully saturated rings. The number of aliphatic hydroxyl groups is 1. The Bertz CT molecular complexity index is 1640. The summed E-state index contributed by atoms with van der Waals surface area (Å²) in [7, 11) is 3.11. The molecule has 3 aliphatic rings. The highest BCUT2D eigenvalue weighted by molar-refractivity contribution is 5.18. The first-order chi connectivity index (χ1) is 26.1. The van der Waals surface area contributed by atoms with E-state index in [1.165, 1.54) is 7.11 Å². The fraction of sp³-hybridized carbons (Fsp3) is 0.429. The van der Waals surface area contributed by atoms with Gasteiger partial charge in [-0.05, 0) is 16.7 Å². The van der Waals surface area contributed by atoms with E-state index in [4.69, 9.17) is 42.6 Å². The fourth-order valence-corrected chi connectivity index (χ4v) is 7.16. The normalized spacial score (nSPS) is 31.5. The van der Waals surface area contributed by atoms with Crippen LogP contribution in [0.25, 0.3) is 0 Å². The number of fused-ring (bicyclic) bond motifs is 1. The van der Waals surface area contributed by atoms with Crippen molar-refractivity contribution < 1.29 is 47.7 Å². The topological polar surface area (TPSA) is 115 Å². The highest BCUT2D eigenvalue weighted by atomic mass is 16.7. The lowest BCUT2D eigenvalue weighted by molar-refractivity contribution is -0.343. The van der Waals surface area contributed by atoms with Crippen molar-refractivity contribution in [2.45, 2.75) is 87.5 Å². The Morgan fingerprint density at radius 2 is 1.11 bits per heavy atom. The van der Waals surface area contributed by atoms with Crippen LogP contribution in [0.4, 0.5) is 0 Å². The molecule has 7 rings (SSSR count). The smallest absolute Gasteiger partial charge is 0.186 e. The summed E-state index contributed by atoms with van der Waals surface area (Å²) in [5, 5.41) is 15.1. The molecule has 0 aliphatic carbocycles. The molecule has 4 aromatic carbocycles. The lowest BCUT2D eigenvalue weighted by atomic mass is 9.93. The van der Waals surface area contributed by atoms with Crippen molar-refractivity contribution in [3.05, 3.63) is 144 Å². The van der Waals surface area contributed by atoms with Crippen molar-refractivity contribution >= 4 is 0 Å². The number of ether oxygens (including phenoxy) is 9. The van der Waals surface area contributed by atoms with Gasteiger partial charge >= 0.3 is 0 Å². The standard InChI is InChI=1S/C42H49NO10/c1-45-41-35(44)34(36-33(52-41)27-50-40(53-36)31-21-13-6-14-22-31)43-23-32-37(47-24-28-15-7-3-8-16-28)38(48-25-29-17-9-4-10-18-29)39(42(46-2)51-32)49-26-30-19-11-5-12-20-30/h3-22,32-44H,23-27H2,1-2H3/t32-,33-,34+,35-,36-,37-,38+,39-,40-,41+,42+/m1/s1. The molecule has 4 aromatic rings. The Balaban J connectivity index is 1.16. The molecule has 0 radical (unpaired) electrons. The van der Waals surface area contributed by atoms with Gasteiger partial charge in [-0.3, -0.25) is 0 Å². The minimum absolute atomic E-state index is 0.248. The maximum atomic E-state index is 11.6. The molecule has 2 N–H and O–H groups in total. The zero-order valence-electron chi connectivity index (χ0n) is 30.1. The Labute approximate surface area is 311 Å². The van der Waals surface area contributed by atoms with E-state index in [0.717, 1.165) is 22.3 Å². The lowest BCUT2D eigenvalue weighted by Gasteiger charge is -2.49. The number of hydrogen-bond donors (Lipinski definition) is 2. The number of rotatable bonds is 15. The van der Waals surface area contributed by atoms with Crippen molar-refractivity contribution in [2.75, 3.05) is 27.4 Å². The van der Waals surface area contributed by atoms with E-state index in [0.29, 0.717) is 19.8 Å². The highest BCUT2D eigenvalue weighted by Gasteiger charge is 2.52. The monoisotopic (exact) mass is 727 g/mol. The van der Waals surface area contributed by atoms with Crippen molar-refractivity contribution in [1.82, 2.24) is 5.32 Å². The van der Waals surface area contributed by atoms with Gasteiger partial charge < -0.3 is 53.1 Å². The van der Waals surface area contributed by atoms with E-state index < -0.39 is 67.6 Å². The molecule has 0 saturated carbocycles. The van der Waals surface area contributed by atoms with Gasteiger partial charge in [-0.1, -0.05) is 121 Å². The minimum atomic E-state index is -1.06. The molecule has 0 spiro atoms. The van der Waals surface area contributed by atoms with Crippen LogP contribution >= 0.6 is 0 Å². The van der Waals surface area contributed by atoms with Crippen LogP contribution in [0.2, 0.25) is 0 Å². The van der Waals surface area contributed by atoms with E-state index in [9.17, 15) is 5.11 Å². The van der Waals surface area contributed by atoms with Crippen LogP contribution in [0.15, 0.2) is 121 Å². The summed E-state index contributed by atoms with van der Waals surface area (Å²) in [6.45, 7) is 1.48. The van der Waals surface area contributed by atoms with Gasteiger partial charge in [0.25, 0.3) is 0 Å². The third kappa shape index (κ3) is 9.40. The predicted octanol–water partition coefficient (Wildman–Crippen LogP) is 4.92. The molecule has 3 saturated heterocycles. The van der Waals surface area contributed by atoms with Gasteiger partial charge in [0, 0.05) is 26.3 Å². The van der Waals surface area contributed by atoms with Crippen LogP contribution in [0.5, 0.6) is 0 Å². The average molecular weight is 728 g/mol. The van der Waals surface area contributed by atoms with Crippen LogP contribution in [0.1, 0.15) is 28.5 Å². The van der Waals surface area contributed by atoms with Crippen molar-refractivity contribution in [2.24, 2.45) is 0 Å². The molecule has 0 amide bonds. The zero-order valence-corrected chi connectivity index (χ0v) is 30.1. The Kier molecular flexibility index (Phi) is 13.3. The van der Waals surface area contributed by atoms with Crippen LogP contribution < -0.4 is 5.32 Å². The summed E-state index contributed by atoms with van der Waals surface area (Å²) in [6.07, 6.45) is -6.86. The molecule has 0 aromatic heterocycles. The maximum absolute atomic E-state index is 11.6. The molecule has 53 heavy (non-hydrogen) atoms. The summed E-state index contributed by atoms with van der Waals surface area (Å²) in [5.74, 6) is 0. The first kappa shape index (κ1) is 37.7. The van der Waals surface area contributed by atoms with Gasteiger partial charge in [0.1, 0.15) is 42.7 Å². The number of aliphatic hydroxyl groups excluding tert-OH is 1. The van der Waals surface area contributed by atoms with E-state index in [-0.39, 0.29) is 13.2 Å². The SMILES string of the molecule is CO[C@H]1O[C@@H]2CO[C@@H](c3ccccc3)O[C@H]2[C@@H](NC[C@H]2O[C@H](OC)[C@H](OCc3ccccc3)[C@@H](OCc3ccccc3)[C@@H]2OCc2ccccc2)[C@H]1O. The zero-order chi connectivity index (χ0) is 36.4. The summed E-state index contributed by atoms with van der Waals surface area (Å²) >= 11 is 0. The van der Waals surface area contributed by atoms with Crippen molar-refractivity contribution in [1.29, 1.82) is 0 Å². The second kappa shape index (κ2) is 18.7. The molecule has 282 valence electrons. The highest BCUT2D eigenvalue weighted by Crippen LogP contribution is 2.35. The molecule has 3 aliphatic heterocycles. The third-order valence-electron chi connectivity index (χ3n) is 9.91. The first-order valence-electron chi connectivity index (χ1n) is 18.2. The van der Waals surface area contributed by atoms with E-state index in [1.54, 1.807) is 7.11 Å². The lowest BCUT2D eigenvalue weighted by Crippen LogP contribution is -2.68.